The first-order chi connectivity index (χ1) is 8.28. The third-order valence-electron chi connectivity index (χ3n) is 2.13. The zero-order chi connectivity index (χ0) is 12.1. The van der Waals surface area contributed by atoms with Gasteiger partial charge in [-0.1, -0.05) is 18.3 Å². The van der Waals surface area contributed by atoms with Gasteiger partial charge in [-0.15, -0.1) is 10.2 Å². The van der Waals surface area contributed by atoms with Crippen molar-refractivity contribution in [2.75, 3.05) is 0 Å². The van der Waals surface area contributed by atoms with Crippen molar-refractivity contribution in [2.45, 2.75) is 26.4 Å². The van der Waals surface area contributed by atoms with Gasteiger partial charge in [0, 0.05) is 12.4 Å². The predicted molar refractivity (Wildman–Crippen MR) is 63.4 cm³/mol. The molecule has 0 radical (unpaired) electrons. The maximum atomic E-state index is 11.6. The zero-order valence-electron chi connectivity index (χ0n) is 9.46. The second kappa shape index (κ2) is 5.53. The molecule has 0 bridgehead atoms. The van der Waals surface area contributed by atoms with Crippen LogP contribution in [0.2, 0.25) is 0 Å². The van der Waals surface area contributed by atoms with Crippen LogP contribution in [0, 0.1) is 0 Å². The largest absolute Gasteiger partial charge is 0.348 e. The van der Waals surface area contributed by atoms with Crippen LogP contribution in [0.1, 0.15) is 16.9 Å². The van der Waals surface area contributed by atoms with E-state index in [1.165, 1.54) is 11.3 Å². The maximum Gasteiger partial charge on any atom is 0.240 e. The van der Waals surface area contributed by atoms with Gasteiger partial charge in [-0.2, -0.15) is 0 Å². The molecule has 2 aromatic rings. The molecule has 0 aliphatic heterocycles. The fourth-order valence-electron chi connectivity index (χ4n) is 1.28. The topological polar surface area (TPSA) is 72.7 Å². The first kappa shape index (κ1) is 11.7. The van der Waals surface area contributed by atoms with Gasteiger partial charge in [0.15, 0.2) is 0 Å². The Labute approximate surface area is 103 Å². The van der Waals surface area contributed by atoms with Gasteiger partial charge in [-0.25, -0.2) is 4.98 Å². The molecule has 0 atom stereocenters. The number of rotatable bonds is 5. The third-order valence-corrected chi connectivity index (χ3v) is 3.20. The molecular weight excluding hydrogens is 238 g/mol. The highest BCUT2D eigenvalue weighted by Crippen LogP contribution is 2.09. The molecule has 0 aliphatic carbocycles. The van der Waals surface area contributed by atoms with E-state index in [1.807, 2.05) is 6.92 Å². The molecule has 0 saturated carbocycles. The van der Waals surface area contributed by atoms with E-state index in [9.17, 15) is 4.79 Å². The Hall–Kier alpha value is -1.76. The van der Waals surface area contributed by atoms with E-state index < -0.39 is 0 Å². The van der Waals surface area contributed by atoms with Gasteiger partial charge in [-0.3, -0.25) is 4.79 Å². The number of aromatic nitrogens is 4. The third kappa shape index (κ3) is 3.35. The number of carbonyl (C=O) groups is 1. The Morgan fingerprint density at radius 3 is 2.94 bits per heavy atom. The summed E-state index contributed by atoms with van der Waals surface area (Å²) in [6, 6.07) is 0. The SMILES string of the molecule is CCc1nnc(CNC(=O)Cn2ccnc2)s1. The first-order valence-corrected chi connectivity index (χ1v) is 6.13. The number of imidazole rings is 1. The van der Waals surface area contributed by atoms with Crippen molar-refractivity contribution in [3.63, 3.8) is 0 Å². The normalized spacial score (nSPS) is 10.4. The highest BCUT2D eigenvalue weighted by atomic mass is 32.1. The highest BCUT2D eigenvalue weighted by molar-refractivity contribution is 7.11. The first-order valence-electron chi connectivity index (χ1n) is 5.31. The zero-order valence-corrected chi connectivity index (χ0v) is 10.3. The molecule has 2 heterocycles. The molecule has 0 saturated heterocycles. The average molecular weight is 251 g/mol. The summed E-state index contributed by atoms with van der Waals surface area (Å²) in [6.07, 6.45) is 5.88. The van der Waals surface area contributed by atoms with Crippen molar-refractivity contribution >= 4 is 17.2 Å². The summed E-state index contributed by atoms with van der Waals surface area (Å²) in [5.74, 6) is -0.0590. The lowest BCUT2D eigenvalue weighted by atomic mass is 10.5. The lowest BCUT2D eigenvalue weighted by Gasteiger charge is -2.02. The minimum Gasteiger partial charge on any atom is -0.348 e. The molecule has 0 aliphatic rings. The molecule has 90 valence electrons. The van der Waals surface area contributed by atoms with Gasteiger partial charge < -0.3 is 9.88 Å². The fourth-order valence-corrected chi connectivity index (χ4v) is 2.00. The number of nitrogens with zero attached hydrogens (tertiary/aromatic N) is 4. The monoisotopic (exact) mass is 251 g/mol. The summed E-state index contributed by atoms with van der Waals surface area (Å²) in [5.41, 5.74) is 0. The summed E-state index contributed by atoms with van der Waals surface area (Å²) >= 11 is 1.53. The Bertz CT molecular complexity index is 479. The summed E-state index contributed by atoms with van der Waals surface area (Å²) < 4.78 is 1.72. The molecular formula is C10H13N5OS. The summed E-state index contributed by atoms with van der Waals surface area (Å²) in [6.45, 7) is 2.74. The average Bonchev–Trinajstić information content (AvgIpc) is 2.96. The minimum absolute atomic E-state index is 0.0590. The Morgan fingerprint density at radius 2 is 2.29 bits per heavy atom. The van der Waals surface area contributed by atoms with Crippen LogP contribution in [-0.4, -0.2) is 25.7 Å². The van der Waals surface area contributed by atoms with Crippen LogP contribution in [0.3, 0.4) is 0 Å². The quantitative estimate of drug-likeness (QED) is 0.845. The molecule has 17 heavy (non-hydrogen) atoms. The maximum absolute atomic E-state index is 11.6. The van der Waals surface area contributed by atoms with Crippen LogP contribution in [0.25, 0.3) is 0 Å². The van der Waals surface area contributed by atoms with Gasteiger partial charge in [0.05, 0.1) is 12.9 Å². The summed E-state index contributed by atoms with van der Waals surface area (Å²) in [7, 11) is 0. The van der Waals surface area contributed by atoms with E-state index in [0.717, 1.165) is 16.4 Å². The van der Waals surface area contributed by atoms with Crippen molar-refractivity contribution in [1.29, 1.82) is 0 Å². The number of hydrogen-bond acceptors (Lipinski definition) is 5. The molecule has 0 fully saturated rings. The number of amides is 1. The Balaban J connectivity index is 1.79. The van der Waals surface area contributed by atoms with E-state index in [1.54, 1.807) is 23.3 Å². The molecule has 2 aromatic heterocycles. The number of hydrogen-bond donors (Lipinski definition) is 1. The van der Waals surface area contributed by atoms with Crippen LogP contribution in [0.15, 0.2) is 18.7 Å². The lowest BCUT2D eigenvalue weighted by Crippen LogP contribution is -2.26. The lowest BCUT2D eigenvalue weighted by molar-refractivity contribution is -0.121. The number of carbonyl (C=O) groups excluding carboxylic acids is 1. The van der Waals surface area contributed by atoms with E-state index >= 15 is 0 Å². The standard InChI is InChI=1S/C10H13N5OS/c1-2-9-13-14-10(17-9)5-12-8(16)6-15-4-3-11-7-15/h3-4,7H,2,5-6H2,1H3,(H,12,16). The molecule has 7 heteroatoms. The smallest absolute Gasteiger partial charge is 0.240 e. The molecule has 0 aromatic carbocycles. The van der Waals surface area contributed by atoms with E-state index in [0.29, 0.717) is 6.54 Å². The Morgan fingerprint density at radius 1 is 1.47 bits per heavy atom. The van der Waals surface area contributed by atoms with Gasteiger partial charge >= 0.3 is 0 Å². The van der Waals surface area contributed by atoms with Crippen molar-refractivity contribution in [3.8, 4) is 0 Å². The van der Waals surface area contributed by atoms with Crippen molar-refractivity contribution in [2.24, 2.45) is 0 Å². The van der Waals surface area contributed by atoms with E-state index in [2.05, 4.69) is 20.5 Å². The van der Waals surface area contributed by atoms with E-state index in [-0.39, 0.29) is 12.5 Å². The van der Waals surface area contributed by atoms with Gasteiger partial charge in [0.1, 0.15) is 16.6 Å². The highest BCUT2D eigenvalue weighted by Gasteiger charge is 2.05. The second-order valence-corrected chi connectivity index (χ2v) is 4.60. The second-order valence-electron chi connectivity index (χ2n) is 3.45. The number of aryl methyl sites for hydroxylation is 1. The molecule has 2 rings (SSSR count). The number of nitrogens with one attached hydrogen (secondary N) is 1. The van der Waals surface area contributed by atoms with Gasteiger partial charge in [0.2, 0.25) is 5.91 Å². The summed E-state index contributed by atoms with van der Waals surface area (Å²) in [5, 5.41) is 12.6. The van der Waals surface area contributed by atoms with Crippen molar-refractivity contribution < 1.29 is 4.79 Å². The van der Waals surface area contributed by atoms with Crippen LogP contribution in [0.4, 0.5) is 0 Å². The van der Waals surface area contributed by atoms with Crippen molar-refractivity contribution in [3.05, 3.63) is 28.7 Å². The van der Waals surface area contributed by atoms with Crippen molar-refractivity contribution in [1.82, 2.24) is 25.1 Å². The molecule has 1 N–H and O–H groups in total. The van der Waals surface area contributed by atoms with Crippen LogP contribution >= 0.6 is 11.3 Å². The Kier molecular flexibility index (Phi) is 3.81. The van der Waals surface area contributed by atoms with Gasteiger partial charge in [-0.05, 0) is 6.42 Å². The van der Waals surface area contributed by atoms with Crippen LogP contribution in [-0.2, 0) is 24.3 Å². The van der Waals surface area contributed by atoms with Gasteiger partial charge in [0.25, 0.3) is 0 Å². The minimum atomic E-state index is -0.0590. The van der Waals surface area contributed by atoms with Crippen LogP contribution in [0.5, 0.6) is 0 Å². The summed E-state index contributed by atoms with van der Waals surface area (Å²) in [4.78, 5) is 15.4. The molecule has 0 unspecified atom stereocenters. The fraction of sp³-hybridized carbons (Fsp3) is 0.400. The van der Waals surface area contributed by atoms with E-state index in [4.69, 9.17) is 0 Å². The predicted octanol–water partition coefficient (Wildman–Crippen LogP) is 0.613. The molecule has 0 spiro atoms. The molecule has 1 amide bonds. The van der Waals surface area contributed by atoms with Crippen LogP contribution < -0.4 is 5.32 Å². The molecule has 6 nitrogen and oxygen atoms in total.